The highest BCUT2D eigenvalue weighted by molar-refractivity contribution is 7.92. The molecule has 3 N–H and O–H groups in total. The number of nitrogens with two attached hydrogens (primary N) is 1. The van der Waals surface area contributed by atoms with E-state index in [0.29, 0.717) is 5.69 Å². The van der Waals surface area contributed by atoms with Crippen LogP contribution >= 0.6 is 0 Å². The van der Waals surface area contributed by atoms with Gasteiger partial charge in [-0.05, 0) is 19.4 Å². The zero-order valence-corrected chi connectivity index (χ0v) is 12.9. The number of carbonyl (C=O) groups excluding carboxylic acids is 1. The van der Waals surface area contributed by atoms with Gasteiger partial charge in [0.15, 0.2) is 0 Å². The first-order chi connectivity index (χ1) is 9.16. The van der Waals surface area contributed by atoms with E-state index in [1.807, 2.05) is 13.8 Å². The molecule has 112 valence electrons. The molecule has 1 atom stereocenters. The van der Waals surface area contributed by atoms with Gasteiger partial charge in [-0.25, -0.2) is 13.4 Å². The van der Waals surface area contributed by atoms with Gasteiger partial charge in [-0.2, -0.15) is 0 Å². The van der Waals surface area contributed by atoms with Gasteiger partial charge in [-0.15, -0.1) is 0 Å². The van der Waals surface area contributed by atoms with E-state index in [4.69, 9.17) is 5.73 Å². The van der Waals surface area contributed by atoms with Gasteiger partial charge in [0, 0.05) is 13.1 Å². The Bertz CT molecular complexity index is 601. The van der Waals surface area contributed by atoms with Crippen molar-refractivity contribution in [3.8, 4) is 0 Å². The Kier molecular flexibility index (Phi) is 4.93. The van der Waals surface area contributed by atoms with Crippen LogP contribution < -0.4 is 15.4 Å². The van der Waals surface area contributed by atoms with Crippen LogP contribution in [0.25, 0.3) is 0 Å². The molecule has 1 aromatic rings. The number of rotatable bonds is 6. The summed E-state index contributed by atoms with van der Waals surface area (Å²) in [5.41, 5.74) is 6.05. The standard InChI is InChI=1S/C12H20N4O3S/c1-5-8(2)15-10-7-14-11(6-9(10)12(13)17)16(3)20(4,18)19/h6-8,15H,5H2,1-4H3,(H2,13,17). The van der Waals surface area contributed by atoms with Gasteiger partial charge in [0.2, 0.25) is 10.0 Å². The molecule has 1 heterocycles. The number of carbonyl (C=O) groups is 1. The molecule has 0 saturated heterocycles. The summed E-state index contributed by atoms with van der Waals surface area (Å²) in [5.74, 6) is -0.489. The van der Waals surface area contributed by atoms with Gasteiger partial charge < -0.3 is 11.1 Å². The Labute approximate surface area is 119 Å². The molecule has 0 fully saturated rings. The molecular weight excluding hydrogens is 280 g/mol. The van der Waals surface area contributed by atoms with Crippen molar-refractivity contribution in [3.05, 3.63) is 17.8 Å². The van der Waals surface area contributed by atoms with Crippen LogP contribution in [0.4, 0.5) is 11.5 Å². The number of nitrogens with one attached hydrogen (secondary N) is 1. The molecule has 0 spiro atoms. The van der Waals surface area contributed by atoms with Crippen molar-refractivity contribution in [2.75, 3.05) is 22.9 Å². The Balaban J connectivity index is 3.23. The molecule has 1 aromatic heterocycles. The summed E-state index contributed by atoms with van der Waals surface area (Å²) in [6, 6.07) is 1.52. The number of hydrogen-bond donors (Lipinski definition) is 2. The molecule has 20 heavy (non-hydrogen) atoms. The Morgan fingerprint density at radius 3 is 2.60 bits per heavy atom. The molecule has 7 nitrogen and oxygen atoms in total. The van der Waals surface area contributed by atoms with Crippen LogP contribution in [0.15, 0.2) is 12.3 Å². The van der Waals surface area contributed by atoms with Crippen molar-refractivity contribution in [3.63, 3.8) is 0 Å². The van der Waals surface area contributed by atoms with Crippen molar-refractivity contribution in [1.29, 1.82) is 0 Å². The minimum Gasteiger partial charge on any atom is -0.381 e. The van der Waals surface area contributed by atoms with Crippen molar-refractivity contribution >= 4 is 27.4 Å². The van der Waals surface area contributed by atoms with Gasteiger partial charge in [0.1, 0.15) is 5.82 Å². The number of hydrogen-bond acceptors (Lipinski definition) is 5. The first-order valence-electron chi connectivity index (χ1n) is 6.17. The number of nitrogens with zero attached hydrogens (tertiary/aromatic N) is 2. The van der Waals surface area contributed by atoms with Gasteiger partial charge in [0.25, 0.3) is 5.91 Å². The summed E-state index contributed by atoms with van der Waals surface area (Å²) in [6.45, 7) is 3.96. The fraction of sp³-hybridized carbons (Fsp3) is 0.500. The minimum absolute atomic E-state index is 0.147. The maximum absolute atomic E-state index is 11.5. The third-order valence-electron chi connectivity index (χ3n) is 2.99. The molecule has 8 heteroatoms. The summed E-state index contributed by atoms with van der Waals surface area (Å²) in [7, 11) is -2.08. The largest absolute Gasteiger partial charge is 0.381 e. The van der Waals surface area contributed by atoms with Crippen LogP contribution in [0.2, 0.25) is 0 Å². The van der Waals surface area contributed by atoms with E-state index in [9.17, 15) is 13.2 Å². The van der Waals surface area contributed by atoms with Gasteiger partial charge >= 0.3 is 0 Å². The summed E-state index contributed by atoms with van der Waals surface area (Å²) in [6.07, 6.45) is 3.34. The third-order valence-corrected chi connectivity index (χ3v) is 4.17. The van der Waals surface area contributed by atoms with Crippen molar-refractivity contribution < 1.29 is 13.2 Å². The van der Waals surface area contributed by atoms with E-state index in [1.165, 1.54) is 19.3 Å². The molecule has 0 aliphatic carbocycles. The summed E-state index contributed by atoms with van der Waals surface area (Å²) in [4.78, 5) is 15.6. The van der Waals surface area contributed by atoms with E-state index in [-0.39, 0.29) is 17.4 Å². The van der Waals surface area contributed by atoms with E-state index in [1.54, 1.807) is 0 Å². The lowest BCUT2D eigenvalue weighted by atomic mass is 10.1. The molecule has 1 rings (SSSR count). The molecular formula is C12H20N4O3S. The highest BCUT2D eigenvalue weighted by Gasteiger charge is 2.18. The molecule has 0 bridgehead atoms. The number of sulfonamides is 1. The van der Waals surface area contributed by atoms with Crippen LogP contribution in [0, 0.1) is 0 Å². The second-order valence-electron chi connectivity index (χ2n) is 4.64. The fourth-order valence-electron chi connectivity index (χ4n) is 1.47. The summed E-state index contributed by atoms with van der Waals surface area (Å²) in [5, 5.41) is 3.12. The number of amides is 1. The number of aromatic nitrogens is 1. The number of primary amides is 1. The first kappa shape index (κ1) is 16.2. The lowest BCUT2D eigenvalue weighted by Gasteiger charge is -2.19. The fourth-order valence-corrected chi connectivity index (χ4v) is 1.91. The summed E-state index contributed by atoms with van der Waals surface area (Å²) < 4.78 is 23.9. The lowest BCUT2D eigenvalue weighted by molar-refractivity contribution is 0.100. The van der Waals surface area contributed by atoms with Gasteiger partial charge in [-0.3, -0.25) is 9.10 Å². The normalized spacial score (nSPS) is 12.8. The molecule has 1 amide bonds. The van der Waals surface area contributed by atoms with Crippen LogP contribution in [0.3, 0.4) is 0 Å². The Hall–Kier alpha value is -1.83. The van der Waals surface area contributed by atoms with Crippen LogP contribution in [-0.4, -0.2) is 38.7 Å². The molecule has 0 aliphatic heterocycles. The first-order valence-corrected chi connectivity index (χ1v) is 8.02. The Morgan fingerprint density at radius 1 is 1.55 bits per heavy atom. The molecule has 0 aliphatic rings. The molecule has 0 aromatic carbocycles. The zero-order valence-electron chi connectivity index (χ0n) is 12.0. The molecule has 1 unspecified atom stereocenters. The van der Waals surface area contributed by atoms with Crippen LogP contribution in [0.5, 0.6) is 0 Å². The van der Waals surface area contributed by atoms with Crippen molar-refractivity contribution in [2.45, 2.75) is 26.3 Å². The van der Waals surface area contributed by atoms with E-state index in [2.05, 4.69) is 10.3 Å². The summed E-state index contributed by atoms with van der Waals surface area (Å²) >= 11 is 0. The average Bonchev–Trinajstić information content (AvgIpc) is 2.36. The highest BCUT2D eigenvalue weighted by Crippen LogP contribution is 2.21. The molecule has 0 saturated carbocycles. The lowest BCUT2D eigenvalue weighted by Crippen LogP contribution is -2.27. The number of anilines is 2. The highest BCUT2D eigenvalue weighted by atomic mass is 32.2. The van der Waals surface area contributed by atoms with Gasteiger partial charge in [0.05, 0.1) is 23.7 Å². The zero-order chi connectivity index (χ0) is 15.5. The average molecular weight is 300 g/mol. The minimum atomic E-state index is -3.44. The van der Waals surface area contributed by atoms with Crippen LogP contribution in [-0.2, 0) is 10.0 Å². The van der Waals surface area contributed by atoms with E-state index in [0.717, 1.165) is 17.0 Å². The second-order valence-corrected chi connectivity index (χ2v) is 6.65. The van der Waals surface area contributed by atoms with Crippen molar-refractivity contribution in [1.82, 2.24) is 4.98 Å². The predicted molar refractivity (Wildman–Crippen MR) is 79.4 cm³/mol. The topological polar surface area (TPSA) is 105 Å². The quantitative estimate of drug-likeness (QED) is 0.808. The second kappa shape index (κ2) is 6.08. The van der Waals surface area contributed by atoms with Crippen LogP contribution in [0.1, 0.15) is 30.6 Å². The Morgan fingerprint density at radius 2 is 2.15 bits per heavy atom. The third kappa shape index (κ3) is 3.83. The van der Waals surface area contributed by atoms with Gasteiger partial charge in [-0.1, -0.05) is 6.92 Å². The maximum Gasteiger partial charge on any atom is 0.250 e. The number of pyridine rings is 1. The maximum atomic E-state index is 11.5. The van der Waals surface area contributed by atoms with Crippen molar-refractivity contribution in [2.24, 2.45) is 5.73 Å². The van der Waals surface area contributed by atoms with E-state index >= 15 is 0 Å². The predicted octanol–water partition coefficient (Wildman–Crippen LogP) is 0.787. The SMILES string of the molecule is CCC(C)Nc1cnc(N(C)S(C)(=O)=O)cc1C(N)=O. The monoisotopic (exact) mass is 300 g/mol. The smallest absolute Gasteiger partial charge is 0.250 e. The van der Waals surface area contributed by atoms with E-state index < -0.39 is 15.9 Å². The molecule has 0 radical (unpaired) electrons.